The number of phosphoric acid groups is 2. The Hall–Kier alpha value is 2.52. The molecule has 0 aliphatic heterocycles. The van der Waals surface area contributed by atoms with Gasteiger partial charge in [-0.2, -0.15) is 15.6 Å². The average Bonchev–Trinajstić information content (AvgIpc) is 1.12. The van der Waals surface area contributed by atoms with Gasteiger partial charge in [-0.25, -0.2) is 0 Å². The van der Waals surface area contributed by atoms with E-state index < -0.39 is 15.6 Å². The van der Waals surface area contributed by atoms with E-state index in [0.29, 0.717) is 0 Å². The molecule has 0 aromatic heterocycles. The van der Waals surface area contributed by atoms with E-state index in [1.165, 1.54) is 0 Å². The van der Waals surface area contributed by atoms with Crippen LogP contribution >= 0.6 is 15.6 Å². The van der Waals surface area contributed by atoms with Crippen molar-refractivity contribution in [3.8, 4) is 0 Å². The normalized spacial score (nSPS) is 8.43. The van der Waals surface area contributed by atoms with Gasteiger partial charge in [-0.3, -0.25) is 0 Å². The SMILES string of the molecule is O=P([O-])([O-])[O-].O=P([O-])([O-])[O-].[Fe+2].[Li+].[Li+].[V]. The van der Waals surface area contributed by atoms with Gasteiger partial charge < -0.3 is 38.5 Å². The van der Waals surface area contributed by atoms with Crippen LogP contribution in [-0.2, 0) is 44.8 Å². The molecule has 0 saturated heterocycles. The molecule has 8 nitrogen and oxygen atoms in total. The Morgan fingerprint density at radius 2 is 0.643 bits per heavy atom. The molecule has 0 fully saturated rings. The van der Waals surface area contributed by atoms with Crippen molar-refractivity contribution in [2.45, 2.75) is 0 Å². The van der Waals surface area contributed by atoms with Gasteiger partial charge in [0.05, 0.1) is 0 Å². The smallest absolute Gasteiger partial charge is 0.822 e. The molecule has 0 heterocycles. The fraction of sp³-hybridized carbons (Fsp3) is 0. The number of rotatable bonds is 0. The molecular weight excluding hydrogens is 311 g/mol. The molecule has 0 rings (SSSR count). The molecule has 14 heteroatoms. The Labute approximate surface area is 126 Å². The Morgan fingerprint density at radius 3 is 0.643 bits per heavy atom. The maximum atomic E-state index is 8.55. The second kappa shape index (κ2) is 15.5. The summed E-state index contributed by atoms with van der Waals surface area (Å²) in [6, 6.07) is 0. The summed E-state index contributed by atoms with van der Waals surface area (Å²) >= 11 is 0. The summed E-state index contributed by atoms with van der Waals surface area (Å²) in [7, 11) is -10.8. The third-order valence-electron chi connectivity index (χ3n) is 0. The van der Waals surface area contributed by atoms with Crippen molar-refractivity contribution in [3.05, 3.63) is 0 Å². The van der Waals surface area contributed by atoms with Crippen LogP contribution in [0, 0.1) is 0 Å². The third kappa shape index (κ3) is 418. The second-order valence-electron chi connectivity index (χ2n) is 0.894. The Balaban J connectivity index is -0.0000000178. The quantitative estimate of drug-likeness (QED) is 0.313. The fourth-order valence-electron chi connectivity index (χ4n) is 0. The summed E-state index contributed by atoms with van der Waals surface area (Å²) in [5.74, 6) is 0. The summed E-state index contributed by atoms with van der Waals surface area (Å²) in [5.41, 5.74) is 0. The van der Waals surface area contributed by atoms with Crippen molar-refractivity contribution < 1.29 is 112 Å². The van der Waals surface area contributed by atoms with Crippen LogP contribution in [0.15, 0.2) is 0 Å². The summed E-state index contributed by atoms with van der Waals surface area (Å²) < 4.78 is 17.1. The van der Waals surface area contributed by atoms with Crippen LogP contribution in [0.5, 0.6) is 0 Å². The van der Waals surface area contributed by atoms with Gasteiger partial charge in [-0.05, 0) is 0 Å². The Kier molecular flexibility index (Phi) is 39.9. The first-order chi connectivity index (χ1) is 4.00. The van der Waals surface area contributed by atoms with Crippen molar-refractivity contribution in [3.63, 3.8) is 0 Å². The summed E-state index contributed by atoms with van der Waals surface area (Å²) in [6.45, 7) is 0. The summed E-state index contributed by atoms with van der Waals surface area (Å²) in [4.78, 5) is 51.3. The van der Waals surface area contributed by atoms with Crippen molar-refractivity contribution in [1.82, 2.24) is 0 Å². The molecule has 0 N–H and O–H groups in total. The topological polar surface area (TPSA) is 172 Å². The first kappa shape index (κ1) is 36.0. The molecule has 75 valence electrons. The third-order valence-corrected chi connectivity index (χ3v) is 0. The van der Waals surface area contributed by atoms with E-state index in [1.54, 1.807) is 0 Å². The van der Waals surface area contributed by atoms with Gasteiger partial charge in [0.15, 0.2) is 0 Å². The van der Waals surface area contributed by atoms with Crippen LogP contribution in [0.25, 0.3) is 0 Å². The molecule has 0 bridgehead atoms. The van der Waals surface area contributed by atoms with Crippen LogP contribution in [0.1, 0.15) is 0 Å². The van der Waals surface area contributed by atoms with Crippen molar-refractivity contribution >= 4 is 15.6 Å². The van der Waals surface area contributed by atoms with Crippen LogP contribution in [-0.4, -0.2) is 0 Å². The predicted octanol–water partition coefficient (Wildman–Crippen LogP) is -11.6. The molecule has 0 aliphatic carbocycles. The van der Waals surface area contributed by atoms with E-state index in [0.717, 1.165) is 0 Å². The van der Waals surface area contributed by atoms with E-state index in [-0.39, 0.29) is 73.3 Å². The van der Waals surface area contributed by atoms with Crippen LogP contribution in [0.4, 0.5) is 0 Å². The van der Waals surface area contributed by atoms with Gasteiger partial charge in [0.1, 0.15) is 0 Å². The zero-order chi connectivity index (χ0) is 9.00. The van der Waals surface area contributed by atoms with Crippen molar-refractivity contribution in [1.29, 1.82) is 0 Å². The Bertz CT molecular complexity index is 138. The van der Waals surface area contributed by atoms with Gasteiger partial charge in [0.2, 0.25) is 0 Å². The maximum Gasteiger partial charge on any atom is 2.00 e. The molecule has 0 saturated carbocycles. The van der Waals surface area contributed by atoms with Crippen molar-refractivity contribution in [2.75, 3.05) is 0 Å². The minimum Gasteiger partial charge on any atom is -0.822 e. The van der Waals surface area contributed by atoms with Crippen LogP contribution in [0.3, 0.4) is 0 Å². The van der Waals surface area contributed by atoms with Gasteiger partial charge in [-0.15, -0.1) is 0 Å². The van der Waals surface area contributed by atoms with Crippen LogP contribution in [0.2, 0.25) is 0 Å². The minimum absolute atomic E-state index is 0. The number of hydrogen-bond acceptors (Lipinski definition) is 8. The monoisotopic (exact) mass is 311 g/mol. The standard InChI is InChI=1S/Fe.2Li.2H3O4P.V/c;;;2*1-5(2,3)4;/h;;;2*(H3,1,2,3,4);/q+2;2*+1;;;/p-6. The first-order valence-corrected chi connectivity index (χ1v) is 4.38. The summed E-state index contributed by atoms with van der Waals surface area (Å²) in [6.07, 6.45) is 0. The van der Waals surface area contributed by atoms with Gasteiger partial charge in [0, 0.05) is 18.6 Å². The maximum absolute atomic E-state index is 8.55. The molecule has 0 aromatic carbocycles. The van der Waals surface area contributed by atoms with Gasteiger partial charge in [-0.1, -0.05) is 0 Å². The molecule has 1 radical (unpaired) electrons. The first-order valence-electron chi connectivity index (χ1n) is 1.46. The molecule has 0 spiro atoms. The van der Waals surface area contributed by atoms with E-state index in [1.807, 2.05) is 0 Å². The van der Waals surface area contributed by atoms with Crippen LogP contribution < -0.4 is 67.1 Å². The minimum atomic E-state index is -5.39. The largest absolute Gasteiger partial charge is 2.00 e. The molecule has 0 aromatic rings. The summed E-state index contributed by atoms with van der Waals surface area (Å²) in [5, 5.41) is 0. The van der Waals surface area contributed by atoms with E-state index in [4.69, 9.17) is 38.5 Å². The zero-order valence-electron chi connectivity index (χ0n) is 6.96. The molecule has 0 atom stereocenters. The zero-order valence-corrected chi connectivity index (χ0v) is 11.3. The molecule has 0 aliphatic rings. The number of hydrogen-bond donors (Lipinski definition) is 0. The molecule has 0 amide bonds. The fourth-order valence-corrected chi connectivity index (χ4v) is 0. The molecule has 0 unspecified atom stereocenters. The van der Waals surface area contributed by atoms with E-state index in [2.05, 4.69) is 0 Å². The Morgan fingerprint density at radius 1 is 0.643 bits per heavy atom. The molecular formula is FeLi2O8P2V-2. The van der Waals surface area contributed by atoms with Gasteiger partial charge >= 0.3 is 54.8 Å². The van der Waals surface area contributed by atoms with Crippen molar-refractivity contribution in [2.24, 2.45) is 0 Å². The van der Waals surface area contributed by atoms with Gasteiger partial charge in [0.25, 0.3) is 0 Å². The van der Waals surface area contributed by atoms with E-state index in [9.17, 15) is 0 Å². The average molecular weight is 311 g/mol. The van der Waals surface area contributed by atoms with E-state index >= 15 is 0 Å². The second-order valence-corrected chi connectivity index (χ2v) is 2.68. The molecule has 14 heavy (non-hydrogen) atoms. The predicted molar refractivity (Wildman–Crippen MR) is 15.2 cm³/mol.